The Kier molecular flexibility index (Phi) is 5.12. The molecule has 5 heteroatoms. The molecule has 21 heavy (non-hydrogen) atoms. The second kappa shape index (κ2) is 6.67. The van der Waals surface area contributed by atoms with Gasteiger partial charge in [-0.2, -0.15) is 0 Å². The normalized spacial score (nSPS) is 22.0. The number of likely N-dealkylation sites (N-methyl/N-ethyl adjacent to an activating group) is 1. The van der Waals surface area contributed by atoms with Gasteiger partial charge in [-0.1, -0.05) is 43.6 Å². The van der Waals surface area contributed by atoms with E-state index in [-0.39, 0.29) is 5.54 Å². The van der Waals surface area contributed by atoms with Crippen LogP contribution in [0.5, 0.6) is 0 Å². The standard InChI is InChI=1S/C16H25ClN4/c1-4-20(5-2)10-11-21-15(18)19-12-16(21,3)13-8-6-7-9-14(13)17/h6-9H,4-5,10-12H2,1-3H3,(H2,18,19). The minimum atomic E-state index is -0.254. The molecule has 1 aromatic carbocycles. The Balaban J connectivity index is 2.21. The zero-order chi connectivity index (χ0) is 15.5. The van der Waals surface area contributed by atoms with Crippen molar-refractivity contribution < 1.29 is 0 Å². The molecule has 1 atom stereocenters. The van der Waals surface area contributed by atoms with Crippen molar-refractivity contribution in [2.75, 3.05) is 32.7 Å². The van der Waals surface area contributed by atoms with Crippen LogP contribution in [0.15, 0.2) is 29.3 Å². The van der Waals surface area contributed by atoms with Gasteiger partial charge in [0.2, 0.25) is 0 Å². The summed E-state index contributed by atoms with van der Waals surface area (Å²) in [6.07, 6.45) is 0. The molecule has 4 nitrogen and oxygen atoms in total. The number of nitrogens with two attached hydrogens (primary N) is 1. The first kappa shape index (κ1) is 16.1. The number of rotatable bonds is 6. The number of benzene rings is 1. The summed E-state index contributed by atoms with van der Waals surface area (Å²) in [5.74, 6) is 0.615. The molecule has 0 bridgehead atoms. The van der Waals surface area contributed by atoms with Crippen molar-refractivity contribution in [2.45, 2.75) is 26.3 Å². The SMILES string of the molecule is CCN(CC)CCN1C(N)=NCC1(C)c1ccccc1Cl. The summed E-state index contributed by atoms with van der Waals surface area (Å²) in [6.45, 7) is 11.1. The highest BCUT2D eigenvalue weighted by Crippen LogP contribution is 2.36. The lowest BCUT2D eigenvalue weighted by Gasteiger charge is -2.38. The first-order valence-corrected chi connectivity index (χ1v) is 7.95. The van der Waals surface area contributed by atoms with E-state index in [1.807, 2.05) is 18.2 Å². The van der Waals surface area contributed by atoms with E-state index in [1.165, 1.54) is 0 Å². The summed E-state index contributed by atoms with van der Waals surface area (Å²) in [5.41, 5.74) is 6.96. The summed E-state index contributed by atoms with van der Waals surface area (Å²) < 4.78 is 0. The summed E-state index contributed by atoms with van der Waals surface area (Å²) in [6, 6.07) is 7.97. The molecule has 116 valence electrons. The van der Waals surface area contributed by atoms with E-state index in [9.17, 15) is 0 Å². The van der Waals surface area contributed by atoms with Gasteiger partial charge in [-0.15, -0.1) is 0 Å². The quantitative estimate of drug-likeness (QED) is 0.878. The van der Waals surface area contributed by atoms with Crippen LogP contribution in [0.25, 0.3) is 0 Å². The number of hydrogen-bond acceptors (Lipinski definition) is 4. The third-order valence-electron chi connectivity index (χ3n) is 4.41. The van der Waals surface area contributed by atoms with Crippen molar-refractivity contribution in [1.82, 2.24) is 9.80 Å². The van der Waals surface area contributed by atoms with Crippen LogP contribution in [0.1, 0.15) is 26.3 Å². The topological polar surface area (TPSA) is 44.9 Å². The van der Waals surface area contributed by atoms with Crippen molar-refractivity contribution in [2.24, 2.45) is 10.7 Å². The lowest BCUT2D eigenvalue weighted by molar-refractivity contribution is 0.188. The predicted molar refractivity (Wildman–Crippen MR) is 89.8 cm³/mol. The fraction of sp³-hybridized carbons (Fsp3) is 0.562. The Labute approximate surface area is 132 Å². The van der Waals surface area contributed by atoms with Gasteiger partial charge in [0, 0.05) is 18.1 Å². The molecule has 0 radical (unpaired) electrons. The number of aliphatic imine (C=N–C) groups is 1. The second-order valence-electron chi connectivity index (χ2n) is 5.61. The van der Waals surface area contributed by atoms with Crippen LogP contribution in [0, 0.1) is 0 Å². The monoisotopic (exact) mass is 308 g/mol. The molecule has 0 saturated carbocycles. The van der Waals surface area contributed by atoms with Gasteiger partial charge >= 0.3 is 0 Å². The Morgan fingerprint density at radius 2 is 2.00 bits per heavy atom. The van der Waals surface area contributed by atoms with Crippen molar-refractivity contribution in [3.05, 3.63) is 34.9 Å². The molecule has 2 rings (SSSR count). The minimum Gasteiger partial charge on any atom is -0.370 e. The molecule has 1 aliphatic rings. The fourth-order valence-corrected chi connectivity index (χ4v) is 3.27. The molecule has 0 saturated heterocycles. The Hall–Kier alpha value is -1.26. The predicted octanol–water partition coefficient (Wildman–Crippen LogP) is 2.53. The second-order valence-corrected chi connectivity index (χ2v) is 6.01. The third-order valence-corrected chi connectivity index (χ3v) is 4.74. The molecule has 1 unspecified atom stereocenters. The summed E-state index contributed by atoms with van der Waals surface area (Å²) >= 11 is 6.40. The molecule has 1 aliphatic heterocycles. The highest BCUT2D eigenvalue weighted by atomic mass is 35.5. The van der Waals surface area contributed by atoms with E-state index in [4.69, 9.17) is 17.3 Å². The first-order chi connectivity index (χ1) is 10.0. The molecule has 0 spiro atoms. The molecule has 0 aliphatic carbocycles. The van der Waals surface area contributed by atoms with Crippen molar-refractivity contribution in [3.63, 3.8) is 0 Å². The first-order valence-electron chi connectivity index (χ1n) is 7.57. The number of hydrogen-bond donors (Lipinski definition) is 1. The van der Waals surface area contributed by atoms with Crippen LogP contribution >= 0.6 is 11.6 Å². The van der Waals surface area contributed by atoms with Crippen LogP contribution < -0.4 is 5.73 Å². The van der Waals surface area contributed by atoms with E-state index in [1.54, 1.807) is 0 Å². The van der Waals surface area contributed by atoms with E-state index >= 15 is 0 Å². The summed E-state index contributed by atoms with van der Waals surface area (Å²) in [7, 11) is 0. The van der Waals surface area contributed by atoms with E-state index in [2.05, 4.69) is 41.6 Å². The lowest BCUT2D eigenvalue weighted by Crippen LogP contribution is -2.50. The van der Waals surface area contributed by atoms with Crippen LogP contribution in [-0.2, 0) is 5.54 Å². The Morgan fingerprint density at radius 1 is 1.33 bits per heavy atom. The largest absolute Gasteiger partial charge is 0.370 e. The molecule has 2 N–H and O–H groups in total. The summed E-state index contributed by atoms with van der Waals surface area (Å²) in [4.78, 5) is 9.04. The maximum absolute atomic E-state index is 6.40. The van der Waals surface area contributed by atoms with Gasteiger partial charge in [-0.3, -0.25) is 4.99 Å². The maximum Gasteiger partial charge on any atom is 0.192 e. The zero-order valence-electron chi connectivity index (χ0n) is 13.1. The highest BCUT2D eigenvalue weighted by Gasteiger charge is 2.40. The van der Waals surface area contributed by atoms with Gasteiger partial charge in [0.1, 0.15) is 0 Å². The van der Waals surface area contributed by atoms with E-state index < -0.39 is 0 Å². The van der Waals surface area contributed by atoms with Gasteiger partial charge in [0.15, 0.2) is 5.96 Å². The van der Waals surface area contributed by atoms with Gasteiger partial charge in [0.05, 0.1) is 12.1 Å². The van der Waals surface area contributed by atoms with E-state index in [0.717, 1.165) is 36.8 Å². The van der Waals surface area contributed by atoms with Crippen LogP contribution in [-0.4, -0.2) is 48.5 Å². The summed E-state index contributed by atoms with van der Waals surface area (Å²) in [5, 5.41) is 0.776. The number of guanidine groups is 1. The van der Waals surface area contributed by atoms with Crippen LogP contribution in [0.2, 0.25) is 5.02 Å². The van der Waals surface area contributed by atoms with Gasteiger partial charge in [-0.25, -0.2) is 0 Å². The van der Waals surface area contributed by atoms with Gasteiger partial charge in [0.25, 0.3) is 0 Å². The molecular formula is C16H25ClN4. The zero-order valence-corrected chi connectivity index (χ0v) is 13.9. The van der Waals surface area contributed by atoms with Crippen molar-refractivity contribution in [3.8, 4) is 0 Å². The number of nitrogens with zero attached hydrogens (tertiary/aromatic N) is 3. The van der Waals surface area contributed by atoms with Gasteiger partial charge < -0.3 is 15.5 Å². The maximum atomic E-state index is 6.40. The van der Waals surface area contributed by atoms with Crippen LogP contribution in [0.4, 0.5) is 0 Å². The van der Waals surface area contributed by atoms with E-state index in [0.29, 0.717) is 12.5 Å². The molecular weight excluding hydrogens is 284 g/mol. The molecule has 0 aromatic heterocycles. The Morgan fingerprint density at radius 3 is 2.62 bits per heavy atom. The third kappa shape index (κ3) is 3.16. The highest BCUT2D eigenvalue weighted by molar-refractivity contribution is 6.31. The molecule has 0 amide bonds. The average Bonchev–Trinajstić information content (AvgIpc) is 2.77. The van der Waals surface area contributed by atoms with Gasteiger partial charge in [-0.05, 0) is 31.6 Å². The molecule has 1 heterocycles. The lowest BCUT2D eigenvalue weighted by atomic mass is 9.91. The fourth-order valence-electron chi connectivity index (χ4n) is 2.93. The Bertz CT molecular complexity index is 513. The van der Waals surface area contributed by atoms with Crippen molar-refractivity contribution in [1.29, 1.82) is 0 Å². The average molecular weight is 309 g/mol. The minimum absolute atomic E-state index is 0.254. The number of halogens is 1. The smallest absolute Gasteiger partial charge is 0.192 e. The van der Waals surface area contributed by atoms with Crippen molar-refractivity contribution >= 4 is 17.6 Å². The molecule has 0 fully saturated rings. The molecule has 1 aromatic rings. The van der Waals surface area contributed by atoms with Crippen LogP contribution in [0.3, 0.4) is 0 Å².